The third-order valence-electron chi connectivity index (χ3n) is 3.33. The van der Waals surface area contributed by atoms with Crippen LogP contribution in [0.5, 0.6) is 0 Å². The molecule has 1 N–H and O–H groups in total. The van der Waals surface area contributed by atoms with E-state index in [0.29, 0.717) is 0 Å². The van der Waals surface area contributed by atoms with Gasteiger partial charge in [0, 0.05) is 23.6 Å². The standard InChI is InChI=1S/C15H22N2/c1-4-17-11-13(6-5-9-16-3)14-10-12(2)7-8-15(14)17/h7-8,10-11,16H,4-6,9H2,1-3H3. The molecule has 0 aliphatic rings. The lowest BCUT2D eigenvalue weighted by Crippen LogP contribution is -2.08. The summed E-state index contributed by atoms with van der Waals surface area (Å²) >= 11 is 0. The van der Waals surface area contributed by atoms with Crippen LogP contribution in [0.25, 0.3) is 10.9 Å². The Morgan fingerprint density at radius 2 is 2.12 bits per heavy atom. The molecule has 0 aliphatic heterocycles. The number of aromatic nitrogens is 1. The number of fused-ring (bicyclic) bond motifs is 1. The summed E-state index contributed by atoms with van der Waals surface area (Å²) in [4.78, 5) is 0. The first-order valence-electron chi connectivity index (χ1n) is 6.49. The van der Waals surface area contributed by atoms with E-state index in [2.05, 4.69) is 48.1 Å². The van der Waals surface area contributed by atoms with E-state index < -0.39 is 0 Å². The maximum absolute atomic E-state index is 3.21. The number of hydrogen-bond acceptors (Lipinski definition) is 1. The second kappa shape index (κ2) is 5.37. The number of nitrogens with one attached hydrogen (secondary N) is 1. The van der Waals surface area contributed by atoms with E-state index >= 15 is 0 Å². The van der Waals surface area contributed by atoms with E-state index in [1.165, 1.54) is 28.5 Å². The maximum Gasteiger partial charge on any atom is 0.0483 e. The van der Waals surface area contributed by atoms with Crippen LogP contribution in [-0.4, -0.2) is 18.2 Å². The summed E-state index contributed by atoms with van der Waals surface area (Å²) in [6, 6.07) is 6.76. The molecule has 2 rings (SSSR count). The summed E-state index contributed by atoms with van der Waals surface area (Å²) in [5.41, 5.74) is 4.21. The number of rotatable bonds is 5. The highest BCUT2D eigenvalue weighted by Crippen LogP contribution is 2.23. The van der Waals surface area contributed by atoms with Crippen LogP contribution in [0.15, 0.2) is 24.4 Å². The van der Waals surface area contributed by atoms with Crippen LogP contribution in [-0.2, 0) is 13.0 Å². The topological polar surface area (TPSA) is 17.0 Å². The van der Waals surface area contributed by atoms with Crippen LogP contribution >= 0.6 is 0 Å². The van der Waals surface area contributed by atoms with Crippen LogP contribution in [0.2, 0.25) is 0 Å². The Kier molecular flexibility index (Phi) is 3.85. The Bertz CT molecular complexity index is 497. The molecule has 1 aromatic heterocycles. The van der Waals surface area contributed by atoms with Crippen LogP contribution < -0.4 is 5.32 Å². The lowest BCUT2D eigenvalue weighted by molar-refractivity contribution is 0.721. The molecule has 2 aromatic rings. The second-order valence-electron chi connectivity index (χ2n) is 4.67. The minimum atomic E-state index is 1.05. The lowest BCUT2D eigenvalue weighted by Gasteiger charge is -2.00. The normalized spacial score (nSPS) is 11.2. The summed E-state index contributed by atoms with van der Waals surface area (Å²) < 4.78 is 2.35. The molecule has 0 saturated carbocycles. The van der Waals surface area contributed by atoms with Gasteiger partial charge in [-0.15, -0.1) is 0 Å². The van der Waals surface area contributed by atoms with Crippen molar-refractivity contribution in [3.05, 3.63) is 35.5 Å². The Labute approximate surface area is 104 Å². The van der Waals surface area contributed by atoms with Gasteiger partial charge in [0.05, 0.1) is 0 Å². The van der Waals surface area contributed by atoms with Crippen LogP contribution in [0.3, 0.4) is 0 Å². The van der Waals surface area contributed by atoms with Gasteiger partial charge in [0.15, 0.2) is 0 Å². The summed E-state index contributed by atoms with van der Waals surface area (Å²) in [5.74, 6) is 0. The van der Waals surface area contributed by atoms with Gasteiger partial charge in [-0.05, 0) is 58.0 Å². The van der Waals surface area contributed by atoms with Gasteiger partial charge in [-0.2, -0.15) is 0 Å². The number of nitrogens with zero attached hydrogens (tertiary/aromatic N) is 1. The van der Waals surface area contributed by atoms with Crippen molar-refractivity contribution in [3.63, 3.8) is 0 Å². The zero-order chi connectivity index (χ0) is 12.3. The van der Waals surface area contributed by atoms with Crippen molar-refractivity contribution in [2.45, 2.75) is 33.2 Å². The minimum absolute atomic E-state index is 1.05. The molecule has 92 valence electrons. The summed E-state index contributed by atoms with van der Waals surface area (Å²) in [6.45, 7) is 6.51. The van der Waals surface area contributed by atoms with Gasteiger partial charge in [-0.25, -0.2) is 0 Å². The molecule has 0 spiro atoms. The van der Waals surface area contributed by atoms with E-state index in [1.807, 2.05) is 7.05 Å². The predicted molar refractivity (Wildman–Crippen MR) is 74.6 cm³/mol. The summed E-state index contributed by atoms with van der Waals surface area (Å²) in [6.07, 6.45) is 4.68. The van der Waals surface area contributed by atoms with E-state index in [1.54, 1.807) is 0 Å². The van der Waals surface area contributed by atoms with Gasteiger partial charge in [-0.1, -0.05) is 11.6 Å². The van der Waals surface area contributed by atoms with Crippen molar-refractivity contribution in [2.75, 3.05) is 13.6 Å². The van der Waals surface area contributed by atoms with Crippen molar-refractivity contribution >= 4 is 10.9 Å². The summed E-state index contributed by atoms with van der Waals surface area (Å²) in [7, 11) is 2.01. The average Bonchev–Trinajstić information content (AvgIpc) is 2.67. The van der Waals surface area contributed by atoms with E-state index in [0.717, 1.165) is 19.5 Å². The highest BCUT2D eigenvalue weighted by Gasteiger charge is 2.07. The van der Waals surface area contributed by atoms with E-state index in [9.17, 15) is 0 Å². The first-order chi connectivity index (χ1) is 8.26. The molecule has 0 amide bonds. The quantitative estimate of drug-likeness (QED) is 0.781. The molecule has 0 aliphatic carbocycles. The molecule has 0 radical (unpaired) electrons. The molecule has 17 heavy (non-hydrogen) atoms. The van der Waals surface area contributed by atoms with Crippen molar-refractivity contribution in [1.29, 1.82) is 0 Å². The van der Waals surface area contributed by atoms with Crippen LogP contribution in [0, 0.1) is 6.92 Å². The Balaban J connectivity index is 2.36. The molecule has 2 nitrogen and oxygen atoms in total. The second-order valence-corrected chi connectivity index (χ2v) is 4.67. The molecule has 0 unspecified atom stereocenters. The fourth-order valence-corrected chi connectivity index (χ4v) is 2.40. The largest absolute Gasteiger partial charge is 0.347 e. The fourth-order valence-electron chi connectivity index (χ4n) is 2.40. The van der Waals surface area contributed by atoms with Crippen LogP contribution in [0.4, 0.5) is 0 Å². The van der Waals surface area contributed by atoms with Crippen molar-refractivity contribution in [1.82, 2.24) is 9.88 Å². The number of hydrogen-bond donors (Lipinski definition) is 1. The highest BCUT2D eigenvalue weighted by atomic mass is 14.9. The van der Waals surface area contributed by atoms with Gasteiger partial charge in [-0.3, -0.25) is 0 Å². The van der Waals surface area contributed by atoms with Gasteiger partial charge in [0.25, 0.3) is 0 Å². The van der Waals surface area contributed by atoms with Gasteiger partial charge in [0.2, 0.25) is 0 Å². The Morgan fingerprint density at radius 1 is 1.29 bits per heavy atom. The van der Waals surface area contributed by atoms with Gasteiger partial charge in [0.1, 0.15) is 0 Å². The third kappa shape index (κ3) is 2.52. The monoisotopic (exact) mass is 230 g/mol. The van der Waals surface area contributed by atoms with Crippen LogP contribution in [0.1, 0.15) is 24.5 Å². The van der Waals surface area contributed by atoms with E-state index in [-0.39, 0.29) is 0 Å². The third-order valence-corrected chi connectivity index (χ3v) is 3.33. The van der Waals surface area contributed by atoms with Gasteiger partial charge >= 0.3 is 0 Å². The molecule has 0 atom stereocenters. The molecule has 1 heterocycles. The van der Waals surface area contributed by atoms with Crippen molar-refractivity contribution < 1.29 is 0 Å². The maximum atomic E-state index is 3.21. The van der Waals surface area contributed by atoms with E-state index in [4.69, 9.17) is 0 Å². The van der Waals surface area contributed by atoms with Gasteiger partial charge < -0.3 is 9.88 Å². The number of aryl methyl sites for hydroxylation is 3. The first-order valence-corrected chi connectivity index (χ1v) is 6.49. The van der Waals surface area contributed by atoms with Crippen molar-refractivity contribution in [3.8, 4) is 0 Å². The molecular formula is C15H22N2. The lowest BCUT2D eigenvalue weighted by atomic mass is 10.1. The average molecular weight is 230 g/mol. The minimum Gasteiger partial charge on any atom is -0.347 e. The fraction of sp³-hybridized carbons (Fsp3) is 0.467. The highest BCUT2D eigenvalue weighted by molar-refractivity contribution is 5.84. The Morgan fingerprint density at radius 3 is 2.82 bits per heavy atom. The molecule has 0 saturated heterocycles. The molecule has 0 fully saturated rings. The molecule has 2 heteroatoms. The smallest absolute Gasteiger partial charge is 0.0483 e. The first kappa shape index (κ1) is 12.2. The molecule has 1 aromatic carbocycles. The molecular weight excluding hydrogens is 208 g/mol. The SMILES string of the molecule is CCn1cc(CCCNC)c2cc(C)ccc21. The molecule has 0 bridgehead atoms. The Hall–Kier alpha value is -1.28. The number of benzene rings is 1. The zero-order valence-electron chi connectivity index (χ0n) is 11.1. The zero-order valence-corrected chi connectivity index (χ0v) is 11.1. The van der Waals surface area contributed by atoms with Crippen molar-refractivity contribution in [2.24, 2.45) is 0 Å². The summed E-state index contributed by atoms with van der Waals surface area (Å²) in [5, 5.41) is 4.64. The predicted octanol–water partition coefficient (Wildman–Crippen LogP) is 3.12.